The van der Waals surface area contributed by atoms with Gasteiger partial charge in [0.1, 0.15) is 5.75 Å². The maximum atomic E-state index is 13.3. The third kappa shape index (κ3) is 3.14. The highest BCUT2D eigenvalue weighted by atomic mass is 16.5. The smallest absolute Gasteiger partial charge is 0.266 e. The number of likely N-dealkylation sites (N-methyl/N-ethyl adjacent to an activating group) is 1. The number of hydrogen-bond acceptors (Lipinski definition) is 4. The summed E-state index contributed by atoms with van der Waals surface area (Å²) in [5.74, 6) is 0.858. The molecule has 0 fully saturated rings. The Kier molecular flexibility index (Phi) is 4.80. The van der Waals surface area contributed by atoms with Gasteiger partial charge in [0.25, 0.3) is 5.91 Å². The minimum Gasteiger partial charge on any atom is -0.494 e. The number of nitrogens with zero attached hydrogens (tertiary/aromatic N) is 2. The molecule has 0 radical (unpaired) electrons. The van der Waals surface area contributed by atoms with E-state index in [0.717, 1.165) is 28.0 Å². The Morgan fingerprint density at radius 2 is 1.59 bits per heavy atom. The second-order valence-electron chi connectivity index (χ2n) is 6.95. The number of carbonyl (C=O) groups excluding carboxylic acids is 1. The number of nitrogens with two attached hydrogens (primary N) is 1. The van der Waals surface area contributed by atoms with Crippen LogP contribution in [0.4, 0.5) is 0 Å². The van der Waals surface area contributed by atoms with E-state index >= 15 is 0 Å². The monoisotopic (exact) mass is 385 g/mol. The van der Waals surface area contributed by atoms with Crippen molar-refractivity contribution >= 4 is 11.9 Å². The predicted octanol–water partition coefficient (Wildman–Crippen LogP) is 3.78. The van der Waals surface area contributed by atoms with Gasteiger partial charge in [0.15, 0.2) is 11.5 Å². The molecule has 1 heterocycles. The maximum Gasteiger partial charge on any atom is 0.266 e. The molecule has 0 saturated carbocycles. The zero-order chi connectivity index (χ0) is 20.4. The second-order valence-corrected chi connectivity index (χ2v) is 6.95. The van der Waals surface area contributed by atoms with Crippen LogP contribution in [0.3, 0.4) is 0 Å². The molecule has 4 rings (SSSR count). The van der Waals surface area contributed by atoms with Crippen LogP contribution in [-0.2, 0) is 10.3 Å². The number of benzene rings is 3. The topological polar surface area (TPSA) is 67.9 Å². The van der Waals surface area contributed by atoms with Crippen LogP contribution in [0, 0.1) is 0 Å². The standard InChI is InChI=1S/C24H23N3O2/c1-3-29-21-14-8-10-18(16-21)17-9-7-13-20(15-17)24(19-11-5-4-6-12-19)22(28)27(2)23(25)26-24/h4-16H,3H2,1-2H3,(H2,25,26). The average Bonchev–Trinajstić information content (AvgIpc) is 3.00. The van der Waals surface area contributed by atoms with E-state index in [1.54, 1.807) is 7.05 Å². The maximum absolute atomic E-state index is 13.3. The van der Waals surface area contributed by atoms with Crippen molar-refractivity contribution in [1.82, 2.24) is 4.90 Å². The molecule has 0 bridgehead atoms. The fourth-order valence-corrected chi connectivity index (χ4v) is 3.72. The van der Waals surface area contributed by atoms with Crippen molar-refractivity contribution in [3.8, 4) is 16.9 Å². The molecule has 0 spiro atoms. The van der Waals surface area contributed by atoms with Gasteiger partial charge in [0, 0.05) is 7.05 Å². The van der Waals surface area contributed by atoms with Crippen molar-refractivity contribution in [3.05, 3.63) is 90.0 Å². The highest BCUT2D eigenvalue weighted by Crippen LogP contribution is 2.40. The Balaban J connectivity index is 1.87. The lowest BCUT2D eigenvalue weighted by Gasteiger charge is -2.26. The van der Waals surface area contributed by atoms with Crippen molar-refractivity contribution < 1.29 is 9.53 Å². The van der Waals surface area contributed by atoms with Gasteiger partial charge in [-0.3, -0.25) is 9.69 Å². The van der Waals surface area contributed by atoms with Crippen LogP contribution in [0.1, 0.15) is 18.1 Å². The summed E-state index contributed by atoms with van der Waals surface area (Å²) in [7, 11) is 1.65. The van der Waals surface area contributed by atoms with Gasteiger partial charge in [-0.15, -0.1) is 0 Å². The largest absolute Gasteiger partial charge is 0.494 e. The van der Waals surface area contributed by atoms with Gasteiger partial charge in [-0.05, 0) is 47.4 Å². The Morgan fingerprint density at radius 3 is 2.24 bits per heavy atom. The van der Waals surface area contributed by atoms with Crippen molar-refractivity contribution in [2.75, 3.05) is 13.7 Å². The number of carbonyl (C=O) groups is 1. The van der Waals surface area contributed by atoms with Crippen LogP contribution >= 0.6 is 0 Å². The number of rotatable bonds is 5. The summed E-state index contributed by atoms with van der Waals surface area (Å²) in [6, 6.07) is 25.4. The number of ether oxygens (including phenoxy) is 1. The van der Waals surface area contributed by atoms with Crippen LogP contribution in [0.2, 0.25) is 0 Å². The Hall–Kier alpha value is -3.60. The summed E-state index contributed by atoms with van der Waals surface area (Å²) in [6.07, 6.45) is 0. The quantitative estimate of drug-likeness (QED) is 0.727. The van der Waals surface area contributed by atoms with Crippen molar-refractivity contribution in [2.45, 2.75) is 12.5 Å². The fourth-order valence-electron chi connectivity index (χ4n) is 3.72. The lowest BCUT2D eigenvalue weighted by atomic mass is 9.82. The molecule has 0 saturated heterocycles. The zero-order valence-electron chi connectivity index (χ0n) is 16.5. The molecule has 29 heavy (non-hydrogen) atoms. The molecule has 146 valence electrons. The van der Waals surface area contributed by atoms with Crippen LogP contribution in [0.25, 0.3) is 11.1 Å². The zero-order valence-corrected chi connectivity index (χ0v) is 16.5. The molecule has 1 aliphatic rings. The van der Waals surface area contributed by atoms with Gasteiger partial charge in [-0.25, -0.2) is 4.99 Å². The van der Waals surface area contributed by atoms with Crippen LogP contribution in [-0.4, -0.2) is 30.4 Å². The number of guanidine groups is 1. The second kappa shape index (κ2) is 7.43. The first-order valence-electron chi connectivity index (χ1n) is 9.59. The third-order valence-corrected chi connectivity index (χ3v) is 5.19. The van der Waals surface area contributed by atoms with E-state index in [2.05, 4.69) is 4.99 Å². The van der Waals surface area contributed by atoms with Crippen LogP contribution < -0.4 is 10.5 Å². The van der Waals surface area contributed by atoms with E-state index < -0.39 is 5.54 Å². The molecule has 3 aromatic rings. The van der Waals surface area contributed by atoms with Gasteiger partial charge in [-0.2, -0.15) is 0 Å². The minimum absolute atomic E-state index is 0.165. The molecular formula is C24H23N3O2. The first kappa shape index (κ1) is 18.7. The van der Waals surface area contributed by atoms with E-state index in [1.165, 1.54) is 4.90 Å². The van der Waals surface area contributed by atoms with Gasteiger partial charge in [0.2, 0.25) is 0 Å². The molecule has 5 heteroatoms. The lowest BCUT2D eigenvalue weighted by molar-refractivity contribution is -0.129. The summed E-state index contributed by atoms with van der Waals surface area (Å²) >= 11 is 0. The molecule has 1 atom stereocenters. The minimum atomic E-state index is -1.19. The number of amides is 1. The highest BCUT2D eigenvalue weighted by Gasteiger charge is 2.49. The van der Waals surface area contributed by atoms with Gasteiger partial charge < -0.3 is 10.5 Å². The molecule has 0 aromatic heterocycles. The van der Waals surface area contributed by atoms with E-state index in [1.807, 2.05) is 85.8 Å². The molecular weight excluding hydrogens is 362 g/mol. The molecule has 0 aliphatic carbocycles. The van der Waals surface area contributed by atoms with Crippen molar-refractivity contribution in [1.29, 1.82) is 0 Å². The van der Waals surface area contributed by atoms with Gasteiger partial charge in [-0.1, -0.05) is 60.7 Å². The van der Waals surface area contributed by atoms with Crippen LogP contribution in [0.15, 0.2) is 83.9 Å². The predicted molar refractivity (Wildman–Crippen MR) is 115 cm³/mol. The van der Waals surface area contributed by atoms with E-state index in [9.17, 15) is 4.79 Å². The summed E-state index contributed by atoms with van der Waals surface area (Å²) in [5.41, 5.74) is 8.43. The molecule has 1 unspecified atom stereocenters. The molecule has 1 aliphatic heterocycles. The fraction of sp³-hybridized carbons (Fsp3) is 0.167. The molecule has 5 nitrogen and oxygen atoms in total. The molecule has 1 amide bonds. The van der Waals surface area contributed by atoms with Gasteiger partial charge in [0.05, 0.1) is 6.61 Å². The summed E-state index contributed by atoms with van der Waals surface area (Å²) in [6.45, 7) is 2.57. The molecule has 2 N–H and O–H groups in total. The normalized spacial score (nSPS) is 18.6. The first-order chi connectivity index (χ1) is 14.1. The third-order valence-electron chi connectivity index (χ3n) is 5.19. The summed E-state index contributed by atoms with van der Waals surface area (Å²) in [4.78, 5) is 19.4. The summed E-state index contributed by atoms with van der Waals surface area (Å²) in [5, 5.41) is 0. The average molecular weight is 385 g/mol. The first-order valence-corrected chi connectivity index (χ1v) is 9.59. The van der Waals surface area contributed by atoms with E-state index in [0.29, 0.717) is 6.61 Å². The van der Waals surface area contributed by atoms with E-state index in [4.69, 9.17) is 10.5 Å². The van der Waals surface area contributed by atoms with Crippen molar-refractivity contribution in [2.24, 2.45) is 10.7 Å². The Morgan fingerprint density at radius 1 is 0.931 bits per heavy atom. The number of aliphatic imine (C=N–C) groups is 1. The van der Waals surface area contributed by atoms with Crippen molar-refractivity contribution in [3.63, 3.8) is 0 Å². The molecule has 3 aromatic carbocycles. The Bertz CT molecular complexity index is 1080. The summed E-state index contributed by atoms with van der Waals surface area (Å²) < 4.78 is 5.63. The SMILES string of the molecule is CCOc1cccc(-c2cccc(C3(c4ccccc4)N=C(N)N(C)C3=O)c2)c1. The van der Waals surface area contributed by atoms with Crippen LogP contribution in [0.5, 0.6) is 5.75 Å². The Labute approximate surface area is 170 Å². The van der Waals surface area contributed by atoms with E-state index in [-0.39, 0.29) is 11.9 Å². The lowest BCUT2D eigenvalue weighted by Crippen LogP contribution is -2.41. The van der Waals surface area contributed by atoms with Gasteiger partial charge >= 0.3 is 0 Å². The number of hydrogen-bond donors (Lipinski definition) is 1. The highest BCUT2D eigenvalue weighted by molar-refractivity contribution is 6.09.